The first-order valence-electron chi connectivity index (χ1n) is 9.08. The molecule has 1 rings (SSSR count). The van der Waals surface area contributed by atoms with Crippen LogP contribution in [0.25, 0.3) is 6.08 Å². The second-order valence-corrected chi connectivity index (χ2v) is 6.72. The number of carboxylic acids is 1. The number of furan rings is 1. The summed E-state index contributed by atoms with van der Waals surface area (Å²) in [5, 5.41) is 14.4. The molecule has 150 valence electrons. The highest BCUT2D eigenvalue weighted by Crippen LogP contribution is 2.08. The van der Waals surface area contributed by atoms with E-state index < -0.39 is 29.9 Å². The van der Waals surface area contributed by atoms with E-state index in [1.165, 1.54) is 18.4 Å². The van der Waals surface area contributed by atoms with Gasteiger partial charge in [0.1, 0.15) is 17.8 Å². The molecule has 1 aromatic heterocycles. The van der Waals surface area contributed by atoms with E-state index >= 15 is 0 Å². The maximum Gasteiger partial charge on any atom is 0.326 e. The molecule has 1 heterocycles. The molecule has 0 fully saturated rings. The quantitative estimate of drug-likeness (QED) is 0.321. The van der Waals surface area contributed by atoms with E-state index in [1.54, 1.807) is 12.1 Å². The lowest BCUT2D eigenvalue weighted by Gasteiger charge is -2.22. The summed E-state index contributed by atoms with van der Waals surface area (Å²) in [6, 6.07) is 1.56. The summed E-state index contributed by atoms with van der Waals surface area (Å²) in [5.74, 6) is -1.46. The van der Waals surface area contributed by atoms with E-state index in [0.29, 0.717) is 38.0 Å². The number of nitrogens with two attached hydrogens (primary N) is 1. The van der Waals surface area contributed by atoms with Crippen LogP contribution in [-0.4, -0.2) is 41.5 Å². The van der Waals surface area contributed by atoms with Gasteiger partial charge < -0.3 is 25.9 Å². The maximum atomic E-state index is 12.5. The smallest absolute Gasteiger partial charge is 0.326 e. The van der Waals surface area contributed by atoms with Gasteiger partial charge in [-0.15, -0.1) is 0 Å². The number of hydrogen-bond acceptors (Lipinski definition) is 5. The Balaban J connectivity index is 2.74. The fourth-order valence-corrected chi connectivity index (χ4v) is 2.49. The predicted molar refractivity (Wildman–Crippen MR) is 102 cm³/mol. The zero-order valence-corrected chi connectivity index (χ0v) is 15.8. The molecule has 27 heavy (non-hydrogen) atoms. The molecule has 8 nitrogen and oxygen atoms in total. The van der Waals surface area contributed by atoms with Crippen LogP contribution in [-0.2, 0) is 14.4 Å². The minimum absolute atomic E-state index is 0.105. The van der Waals surface area contributed by atoms with Gasteiger partial charge in [-0.25, -0.2) is 4.79 Å². The number of aliphatic carboxylic acids is 1. The lowest BCUT2D eigenvalue weighted by molar-refractivity contribution is -0.142. The minimum Gasteiger partial charge on any atom is -0.480 e. The van der Waals surface area contributed by atoms with Crippen molar-refractivity contribution < 1.29 is 23.9 Å². The van der Waals surface area contributed by atoms with Crippen LogP contribution >= 0.6 is 0 Å². The normalized spacial score (nSPS) is 13.5. The molecule has 8 heteroatoms. The van der Waals surface area contributed by atoms with E-state index in [4.69, 9.17) is 10.2 Å². The zero-order valence-electron chi connectivity index (χ0n) is 15.8. The molecule has 0 aromatic carbocycles. The standard InChI is InChI=1S/C19H29N3O5/c1-13(2)12-16(19(25)26)22-18(24)15(7-3-4-10-20)21-17(23)9-8-14-6-5-11-27-14/h5-6,8-9,11,13,15-16H,3-4,7,10,12,20H2,1-2H3,(H,21,23)(H,22,24)(H,25,26)/t15-,16-/m0/s1. The van der Waals surface area contributed by atoms with Crippen LogP contribution in [0.5, 0.6) is 0 Å². The highest BCUT2D eigenvalue weighted by molar-refractivity contribution is 5.96. The van der Waals surface area contributed by atoms with E-state index in [1.807, 2.05) is 13.8 Å². The summed E-state index contributed by atoms with van der Waals surface area (Å²) in [7, 11) is 0. The number of carbonyl (C=O) groups excluding carboxylic acids is 2. The average molecular weight is 379 g/mol. The number of hydrogen-bond donors (Lipinski definition) is 4. The first-order chi connectivity index (χ1) is 12.8. The molecule has 0 unspecified atom stereocenters. The molecule has 0 saturated carbocycles. The molecule has 2 atom stereocenters. The molecule has 0 aliphatic heterocycles. The van der Waals surface area contributed by atoms with Crippen molar-refractivity contribution in [2.24, 2.45) is 11.7 Å². The molecule has 0 radical (unpaired) electrons. The topological polar surface area (TPSA) is 135 Å². The Morgan fingerprint density at radius 1 is 1.22 bits per heavy atom. The van der Waals surface area contributed by atoms with E-state index in [9.17, 15) is 19.5 Å². The predicted octanol–water partition coefficient (Wildman–Crippen LogP) is 1.52. The van der Waals surface area contributed by atoms with Crippen molar-refractivity contribution in [3.05, 3.63) is 30.2 Å². The summed E-state index contributed by atoms with van der Waals surface area (Å²) < 4.78 is 5.11. The third kappa shape index (κ3) is 9.05. The van der Waals surface area contributed by atoms with Crippen LogP contribution < -0.4 is 16.4 Å². The van der Waals surface area contributed by atoms with Crippen LogP contribution in [0.3, 0.4) is 0 Å². The lowest BCUT2D eigenvalue weighted by atomic mass is 10.0. The highest BCUT2D eigenvalue weighted by Gasteiger charge is 2.26. The summed E-state index contributed by atoms with van der Waals surface area (Å²) in [4.78, 5) is 36.0. The Morgan fingerprint density at radius 2 is 1.96 bits per heavy atom. The van der Waals surface area contributed by atoms with Gasteiger partial charge in [0.25, 0.3) is 0 Å². The summed E-state index contributed by atoms with van der Waals surface area (Å²) in [5.41, 5.74) is 5.48. The van der Waals surface area contributed by atoms with Gasteiger partial charge in [-0.05, 0) is 56.4 Å². The molecule has 0 saturated heterocycles. The first-order valence-corrected chi connectivity index (χ1v) is 9.08. The van der Waals surface area contributed by atoms with Gasteiger partial charge in [-0.2, -0.15) is 0 Å². The van der Waals surface area contributed by atoms with Gasteiger partial charge in [0, 0.05) is 6.08 Å². The van der Waals surface area contributed by atoms with Crippen molar-refractivity contribution in [2.75, 3.05) is 6.54 Å². The molecule has 0 bridgehead atoms. The molecule has 0 aliphatic rings. The molecule has 1 aromatic rings. The number of carboxylic acid groups (broad SMARTS) is 1. The van der Waals surface area contributed by atoms with Crippen LogP contribution in [0, 0.1) is 5.92 Å². The molecule has 5 N–H and O–H groups in total. The number of amides is 2. The fraction of sp³-hybridized carbons (Fsp3) is 0.526. The van der Waals surface area contributed by atoms with Gasteiger partial charge in [-0.3, -0.25) is 9.59 Å². The number of nitrogens with one attached hydrogen (secondary N) is 2. The third-order valence-corrected chi connectivity index (χ3v) is 3.84. The Kier molecular flexibility index (Phi) is 9.89. The molecule has 2 amide bonds. The Bertz CT molecular complexity index is 625. The fourth-order valence-electron chi connectivity index (χ4n) is 2.49. The van der Waals surface area contributed by atoms with E-state index in [2.05, 4.69) is 10.6 Å². The van der Waals surface area contributed by atoms with Gasteiger partial charge in [0.05, 0.1) is 6.26 Å². The summed E-state index contributed by atoms with van der Waals surface area (Å²) in [6.45, 7) is 4.23. The zero-order chi connectivity index (χ0) is 20.2. The van der Waals surface area contributed by atoms with Crippen molar-refractivity contribution in [1.29, 1.82) is 0 Å². The SMILES string of the molecule is CC(C)C[C@H](NC(=O)[C@H](CCCCN)NC(=O)C=Cc1ccco1)C(=O)O. The van der Waals surface area contributed by atoms with E-state index in [0.717, 1.165) is 0 Å². The van der Waals surface area contributed by atoms with Crippen molar-refractivity contribution in [3.8, 4) is 0 Å². The molecule has 0 aliphatic carbocycles. The van der Waals surface area contributed by atoms with Crippen LogP contribution in [0.1, 0.15) is 45.3 Å². The largest absolute Gasteiger partial charge is 0.480 e. The average Bonchev–Trinajstić information content (AvgIpc) is 3.11. The third-order valence-electron chi connectivity index (χ3n) is 3.84. The van der Waals surface area contributed by atoms with Crippen molar-refractivity contribution >= 4 is 23.9 Å². The van der Waals surface area contributed by atoms with E-state index in [-0.39, 0.29) is 5.92 Å². The van der Waals surface area contributed by atoms with Crippen LogP contribution in [0.15, 0.2) is 28.9 Å². The van der Waals surface area contributed by atoms with Gasteiger partial charge in [0.2, 0.25) is 11.8 Å². The van der Waals surface area contributed by atoms with Crippen molar-refractivity contribution in [1.82, 2.24) is 10.6 Å². The van der Waals surface area contributed by atoms with Gasteiger partial charge in [0.15, 0.2) is 0 Å². The lowest BCUT2D eigenvalue weighted by Crippen LogP contribution is -2.51. The molecular weight excluding hydrogens is 350 g/mol. The van der Waals surface area contributed by atoms with Crippen LogP contribution in [0.2, 0.25) is 0 Å². The Labute approximate surface area is 159 Å². The second-order valence-electron chi connectivity index (χ2n) is 6.72. The molecular formula is C19H29N3O5. The van der Waals surface area contributed by atoms with Crippen molar-refractivity contribution in [3.63, 3.8) is 0 Å². The second kappa shape index (κ2) is 11.9. The number of carbonyl (C=O) groups is 3. The highest BCUT2D eigenvalue weighted by atomic mass is 16.4. The van der Waals surface area contributed by atoms with Crippen LogP contribution in [0.4, 0.5) is 0 Å². The maximum absolute atomic E-state index is 12.5. The van der Waals surface area contributed by atoms with Gasteiger partial charge >= 0.3 is 5.97 Å². The Hall–Kier alpha value is -2.61. The number of rotatable bonds is 12. The van der Waals surface area contributed by atoms with Gasteiger partial charge in [-0.1, -0.05) is 13.8 Å². The summed E-state index contributed by atoms with van der Waals surface area (Å²) >= 11 is 0. The number of unbranched alkanes of at least 4 members (excludes halogenated alkanes) is 1. The first kappa shape index (κ1) is 22.4. The Morgan fingerprint density at radius 3 is 2.52 bits per heavy atom. The minimum atomic E-state index is -1.10. The molecule has 0 spiro atoms. The monoisotopic (exact) mass is 379 g/mol. The van der Waals surface area contributed by atoms with Crippen molar-refractivity contribution in [2.45, 2.75) is 51.6 Å². The summed E-state index contributed by atoms with van der Waals surface area (Å²) in [6.07, 6.45) is 6.27.